The van der Waals surface area contributed by atoms with Gasteiger partial charge in [0.1, 0.15) is 0 Å². The molecule has 1 saturated heterocycles. The Balaban J connectivity index is 1.89. The van der Waals surface area contributed by atoms with Crippen LogP contribution < -0.4 is 5.32 Å². The number of benzene rings is 2. The van der Waals surface area contributed by atoms with Crippen LogP contribution in [0.1, 0.15) is 24.8 Å². The third-order valence-electron chi connectivity index (χ3n) is 3.76. The number of hydrogen-bond acceptors (Lipinski definition) is 1. The molecular formula is C16H19N. The van der Waals surface area contributed by atoms with Gasteiger partial charge in [-0.05, 0) is 42.1 Å². The van der Waals surface area contributed by atoms with Gasteiger partial charge in [-0.15, -0.1) is 0 Å². The molecule has 1 atom stereocenters. The second-order valence-corrected chi connectivity index (χ2v) is 4.99. The van der Waals surface area contributed by atoms with Crippen molar-refractivity contribution >= 4 is 10.8 Å². The Morgan fingerprint density at radius 1 is 1.00 bits per heavy atom. The molecule has 0 unspecified atom stereocenters. The maximum absolute atomic E-state index is 3.63. The van der Waals surface area contributed by atoms with E-state index in [2.05, 4.69) is 47.8 Å². The lowest BCUT2D eigenvalue weighted by Crippen LogP contribution is -2.35. The molecule has 1 N–H and O–H groups in total. The Kier molecular flexibility index (Phi) is 3.10. The molecule has 0 amide bonds. The average Bonchev–Trinajstić information content (AvgIpc) is 2.40. The van der Waals surface area contributed by atoms with Gasteiger partial charge in [-0.25, -0.2) is 0 Å². The van der Waals surface area contributed by atoms with E-state index >= 15 is 0 Å². The predicted octanol–water partition coefficient (Wildman–Crippen LogP) is 3.52. The molecule has 0 spiro atoms. The van der Waals surface area contributed by atoms with Crippen molar-refractivity contribution in [2.45, 2.75) is 31.7 Å². The first-order valence-electron chi connectivity index (χ1n) is 6.63. The van der Waals surface area contributed by atoms with Crippen LogP contribution in [-0.4, -0.2) is 12.6 Å². The Morgan fingerprint density at radius 3 is 2.76 bits per heavy atom. The van der Waals surface area contributed by atoms with E-state index in [1.165, 1.54) is 48.6 Å². The van der Waals surface area contributed by atoms with Gasteiger partial charge in [-0.3, -0.25) is 0 Å². The van der Waals surface area contributed by atoms with Crippen LogP contribution >= 0.6 is 0 Å². The molecule has 0 aliphatic carbocycles. The summed E-state index contributed by atoms with van der Waals surface area (Å²) in [5, 5.41) is 6.41. The van der Waals surface area contributed by atoms with Crippen molar-refractivity contribution < 1.29 is 0 Å². The molecule has 3 rings (SSSR count). The van der Waals surface area contributed by atoms with Crippen LogP contribution in [0.5, 0.6) is 0 Å². The zero-order chi connectivity index (χ0) is 11.5. The maximum atomic E-state index is 3.63. The lowest BCUT2D eigenvalue weighted by atomic mass is 9.94. The van der Waals surface area contributed by atoms with Gasteiger partial charge in [0.2, 0.25) is 0 Å². The fraction of sp³-hybridized carbons (Fsp3) is 0.375. The van der Waals surface area contributed by atoms with Crippen LogP contribution in [-0.2, 0) is 6.42 Å². The molecule has 1 aliphatic rings. The van der Waals surface area contributed by atoms with Gasteiger partial charge >= 0.3 is 0 Å². The largest absolute Gasteiger partial charge is 0.314 e. The summed E-state index contributed by atoms with van der Waals surface area (Å²) in [6.07, 6.45) is 5.21. The van der Waals surface area contributed by atoms with Gasteiger partial charge in [-0.2, -0.15) is 0 Å². The summed E-state index contributed by atoms with van der Waals surface area (Å²) >= 11 is 0. The van der Waals surface area contributed by atoms with Crippen LogP contribution in [0.4, 0.5) is 0 Å². The zero-order valence-corrected chi connectivity index (χ0v) is 10.2. The summed E-state index contributed by atoms with van der Waals surface area (Å²) in [4.78, 5) is 0. The van der Waals surface area contributed by atoms with Gasteiger partial charge in [0.25, 0.3) is 0 Å². The molecule has 1 aliphatic heterocycles. The van der Waals surface area contributed by atoms with Crippen molar-refractivity contribution in [2.24, 2.45) is 0 Å². The minimum absolute atomic E-state index is 0.676. The van der Waals surface area contributed by atoms with Crippen molar-refractivity contribution in [2.75, 3.05) is 6.54 Å². The molecule has 0 saturated carbocycles. The van der Waals surface area contributed by atoms with Crippen LogP contribution in [0.15, 0.2) is 42.5 Å². The van der Waals surface area contributed by atoms with E-state index in [-0.39, 0.29) is 0 Å². The highest BCUT2D eigenvalue weighted by molar-refractivity contribution is 5.85. The summed E-state index contributed by atoms with van der Waals surface area (Å²) in [6.45, 7) is 1.19. The minimum Gasteiger partial charge on any atom is -0.314 e. The summed E-state index contributed by atoms with van der Waals surface area (Å²) in [5.41, 5.74) is 1.49. The molecule has 1 heteroatoms. The quantitative estimate of drug-likeness (QED) is 0.824. The van der Waals surface area contributed by atoms with Gasteiger partial charge in [0, 0.05) is 6.04 Å². The number of piperidine rings is 1. The second-order valence-electron chi connectivity index (χ2n) is 4.99. The lowest BCUT2D eigenvalue weighted by Gasteiger charge is -2.24. The molecule has 1 fully saturated rings. The molecule has 0 aromatic heterocycles. The van der Waals surface area contributed by atoms with E-state index in [4.69, 9.17) is 0 Å². The highest BCUT2D eigenvalue weighted by Crippen LogP contribution is 2.21. The third-order valence-corrected chi connectivity index (χ3v) is 3.76. The van der Waals surface area contributed by atoms with Gasteiger partial charge in [0.05, 0.1) is 0 Å². The smallest absolute Gasteiger partial charge is 0.0108 e. The van der Waals surface area contributed by atoms with E-state index < -0.39 is 0 Å². The SMILES string of the molecule is c1ccc2c(C[C@@H]3CCCCN3)cccc2c1. The normalized spacial score (nSPS) is 20.6. The number of fused-ring (bicyclic) bond motifs is 1. The molecule has 1 nitrogen and oxygen atoms in total. The predicted molar refractivity (Wildman–Crippen MR) is 73.3 cm³/mol. The Labute approximate surface area is 103 Å². The topological polar surface area (TPSA) is 12.0 Å². The van der Waals surface area contributed by atoms with E-state index in [0.717, 1.165) is 0 Å². The van der Waals surface area contributed by atoms with Crippen LogP contribution in [0, 0.1) is 0 Å². The Bertz CT molecular complexity index is 492. The molecule has 1 heterocycles. The Hall–Kier alpha value is -1.34. The van der Waals surface area contributed by atoms with Crippen molar-refractivity contribution in [1.82, 2.24) is 5.32 Å². The summed E-state index contributed by atoms with van der Waals surface area (Å²) in [7, 11) is 0. The van der Waals surface area contributed by atoms with Crippen molar-refractivity contribution in [3.05, 3.63) is 48.0 Å². The molecule has 2 aromatic carbocycles. The first-order valence-corrected chi connectivity index (χ1v) is 6.63. The average molecular weight is 225 g/mol. The highest BCUT2D eigenvalue weighted by Gasteiger charge is 2.13. The zero-order valence-electron chi connectivity index (χ0n) is 10.2. The van der Waals surface area contributed by atoms with Crippen LogP contribution in [0.25, 0.3) is 10.8 Å². The number of rotatable bonds is 2. The molecule has 0 bridgehead atoms. The highest BCUT2D eigenvalue weighted by atomic mass is 14.9. The van der Waals surface area contributed by atoms with E-state index in [1.807, 2.05) is 0 Å². The van der Waals surface area contributed by atoms with Gasteiger partial charge < -0.3 is 5.32 Å². The first kappa shape index (κ1) is 10.8. The van der Waals surface area contributed by atoms with Crippen LogP contribution in [0.3, 0.4) is 0 Å². The van der Waals surface area contributed by atoms with E-state index in [0.29, 0.717) is 6.04 Å². The molecule has 88 valence electrons. The molecule has 2 aromatic rings. The molecule has 0 radical (unpaired) electrons. The van der Waals surface area contributed by atoms with Crippen molar-refractivity contribution in [3.63, 3.8) is 0 Å². The monoisotopic (exact) mass is 225 g/mol. The fourth-order valence-corrected chi connectivity index (χ4v) is 2.83. The first-order chi connectivity index (χ1) is 8.43. The number of nitrogens with one attached hydrogen (secondary N) is 1. The maximum Gasteiger partial charge on any atom is 0.0108 e. The third kappa shape index (κ3) is 2.34. The Morgan fingerprint density at radius 2 is 1.88 bits per heavy atom. The summed E-state index contributed by atoms with van der Waals surface area (Å²) in [6, 6.07) is 16.0. The number of hydrogen-bond donors (Lipinski definition) is 1. The minimum atomic E-state index is 0.676. The molecule has 17 heavy (non-hydrogen) atoms. The fourth-order valence-electron chi connectivity index (χ4n) is 2.83. The standard InChI is InChI=1S/C16H19N/c1-2-10-16-13(6-1)7-5-8-14(16)12-15-9-3-4-11-17-15/h1-2,5-8,10,15,17H,3-4,9,11-12H2/t15-/m0/s1. The second kappa shape index (κ2) is 4.89. The van der Waals surface area contributed by atoms with Crippen molar-refractivity contribution in [1.29, 1.82) is 0 Å². The van der Waals surface area contributed by atoms with Gasteiger partial charge in [-0.1, -0.05) is 48.9 Å². The molecular weight excluding hydrogens is 206 g/mol. The lowest BCUT2D eigenvalue weighted by molar-refractivity contribution is 0.400. The van der Waals surface area contributed by atoms with E-state index in [1.54, 1.807) is 0 Å². The van der Waals surface area contributed by atoms with Crippen molar-refractivity contribution in [3.8, 4) is 0 Å². The van der Waals surface area contributed by atoms with E-state index in [9.17, 15) is 0 Å². The van der Waals surface area contributed by atoms with Crippen LogP contribution in [0.2, 0.25) is 0 Å². The summed E-state index contributed by atoms with van der Waals surface area (Å²) in [5.74, 6) is 0. The summed E-state index contributed by atoms with van der Waals surface area (Å²) < 4.78 is 0. The van der Waals surface area contributed by atoms with Gasteiger partial charge in [0.15, 0.2) is 0 Å².